The normalized spacial score (nSPS) is 8.69. The van der Waals surface area contributed by atoms with E-state index in [9.17, 15) is 4.79 Å². The lowest BCUT2D eigenvalue weighted by atomic mass is 10.4. The molecule has 4 heteroatoms. The summed E-state index contributed by atoms with van der Waals surface area (Å²) in [5.41, 5.74) is 0. The highest BCUT2D eigenvalue weighted by Gasteiger charge is 2.06. The number of thiophene rings is 1. The third-order valence-electron chi connectivity index (χ3n) is 1.27. The summed E-state index contributed by atoms with van der Waals surface area (Å²) in [6.45, 7) is 2.02. The summed E-state index contributed by atoms with van der Waals surface area (Å²) >= 11 is 1.14. The second-order valence-electron chi connectivity index (χ2n) is 2.17. The first-order valence-corrected chi connectivity index (χ1v) is 4.46. The molecule has 0 unspecified atom stereocenters. The molecule has 0 fully saturated rings. The molecule has 0 bridgehead atoms. The van der Waals surface area contributed by atoms with E-state index in [1.807, 2.05) is 0 Å². The van der Waals surface area contributed by atoms with Crippen LogP contribution in [0.3, 0.4) is 0 Å². The quantitative estimate of drug-likeness (QED) is 0.750. The summed E-state index contributed by atoms with van der Waals surface area (Å²) in [6.07, 6.45) is 0. The lowest BCUT2D eigenvalue weighted by molar-refractivity contribution is 0.0702. The van der Waals surface area contributed by atoms with Crippen LogP contribution in [0.1, 0.15) is 16.6 Å². The Morgan fingerprint density at radius 3 is 3.08 bits per heavy atom. The molecule has 0 radical (unpaired) electrons. The van der Waals surface area contributed by atoms with Gasteiger partial charge in [-0.3, -0.25) is 0 Å². The van der Waals surface area contributed by atoms with E-state index in [-0.39, 0.29) is 4.88 Å². The molecule has 3 nitrogen and oxygen atoms in total. The smallest absolute Gasteiger partial charge is 0.346 e. The molecule has 0 aliphatic rings. The Bertz CT molecular complexity index is 356. The molecule has 1 rings (SSSR count). The molecule has 1 N–H and O–H groups in total. The zero-order chi connectivity index (χ0) is 9.68. The van der Waals surface area contributed by atoms with Crippen molar-refractivity contribution in [2.24, 2.45) is 0 Å². The average Bonchev–Trinajstić information content (AvgIpc) is 2.53. The molecule has 0 spiro atoms. The highest BCUT2D eigenvalue weighted by Crippen LogP contribution is 2.21. The minimum absolute atomic E-state index is 0.277. The van der Waals surface area contributed by atoms with Crippen LogP contribution in [-0.4, -0.2) is 17.7 Å². The van der Waals surface area contributed by atoms with Crippen molar-refractivity contribution >= 4 is 17.3 Å². The second-order valence-corrected chi connectivity index (χ2v) is 3.08. The van der Waals surface area contributed by atoms with Gasteiger partial charge in [0.15, 0.2) is 0 Å². The van der Waals surface area contributed by atoms with Crippen LogP contribution < -0.4 is 4.74 Å². The number of carbonyl (C=O) groups is 1. The summed E-state index contributed by atoms with van der Waals surface area (Å²) in [4.78, 5) is 10.7. The molecular formula is C9H8O3S. The van der Waals surface area contributed by atoms with E-state index >= 15 is 0 Å². The summed E-state index contributed by atoms with van der Waals surface area (Å²) in [5, 5.41) is 10.3. The van der Waals surface area contributed by atoms with Crippen LogP contribution in [0.2, 0.25) is 0 Å². The Kier molecular flexibility index (Phi) is 3.35. The zero-order valence-electron chi connectivity index (χ0n) is 7.03. The minimum atomic E-state index is -0.929. The van der Waals surface area contributed by atoms with Gasteiger partial charge in [0.1, 0.15) is 17.2 Å². The van der Waals surface area contributed by atoms with Crippen LogP contribution in [0.5, 0.6) is 5.75 Å². The van der Waals surface area contributed by atoms with Crippen molar-refractivity contribution < 1.29 is 14.6 Å². The van der Waals surface area contributed by atoms with Gasteiger partial charge in [-0.2, -0.15) is 0 Å². The first-order chi connectivity index (χ1) is 6.24. The third-order valence-corrected chi connectivity index (χ3v) is 2.17. The van der Waals surface area contributed by atoms with Crippen molar-refractivity contribution in [3.05, 3.63) is 16.3 Å². The molecule has 0 atom stereocenters. The van der Waals surface area contributed by atoms with Gasteiger partial charge in [-0.15, -0.1) is 17.3 Å². The van der Waals surface area contributed by atoms with E-state index in [0.29, 0.717) is 12.4 Å². The van der Waals surface area contributed by atoms with E-state index in [0.717, 1.165) is 11.3 Å². The number of carboxylic acids is 1. The van der Waals surface area contributed by atoms with E-state index < -0.39 is 5.97 Å². The van der Waals surface area contributed by atoms with Gasteiger partial charge in [0.25, 0.3) is 0 Å². The number of hydrogen-bond acceptors (Lipinski definition) is 3. The molecule has 68 valence electrons. The predicted molar refractivity (Wildman–Crippen MR) is 50.2 cm³/mol. The van der Waals surface area contributed by atoms with Gasteiger partial charge in [-0.1, -0.05) is 5.92 Å². The Labute approximate surface area is 80.0 Å². The lowest BCUT2D eigenvalue weighted by Crippen LogP contribution is -1.93. The number of carboxylic acid groups (broad SMARTS) is 1. The number of hydrogen-bond donors (Lipinski definition) is 1. The monoisotopic (exact) mass is 196 g/mol. The molecule has 1 aromatic heterocycles. The summed E-state index contributed by atoms with van der Waals surface area (Å²) < 4.78 is 5.15. The predicted octanol–water partition coefficient (Wildman–Crippen LogP) is 1.85. The lowest BCUT2D eigenvalue weighted by Gasteiger charge is -1.94. The highest BCUT2D eigenvalue weighted by atomic mass is 32.1. The Balaban J connectivity index is 2.57. The van der Waals surface area contributed by atoms with Gasteiger partial charge in [-0.05, 0) is 6.92 Å². The van der Waals surface area contributed by atoms with E-state index in [1.165, 1.54) is 6.07 Å². The zero-order valence-corrected chi connectivity index (χ0v) is 7.85. The maximum atomic E-state index is 10.5. The Morgan fingerprint density at radius 2 is 2.54 bits per heavy atom. The van der Waals surface area contributed by atoms with Gasteiger partial charge in [-0.25, -0.2) is 4.79 Å². The molecule has 0 aliphatic carbocycles. The van der Waals surface area contributed by atoms with Gasteiger partial charge in [0.2, 0.25) is 0 Å². The average molecular weight is 196 g/mol. The highest BCUT2D eigenvalue weighted by molar-refractivity contribution is 7.12. The Morgan fingerprint density at radius 1 is 1.77 bits per heavy atom. The fourth-order valence-corrected chi connectivity index (χ4v) is 1.36. The van der Waals surface area contributed by atoms with Gasteiger partial charge < -0.3 is 9.84 Å². The van der Waals surface area contributed by atoms with Crippen LogP contribution >= 0.6 is 11.3 Å². The molecule has 1 heterocycles. The molecular weight excluding hydrogens is 188 g/mol. The molecule has 0 saturated heterocycles. The van der Waals surface area contributed by atoms with Crippen LogP contribution in [0, 0.1) is 11.8 Å². The molecule has 0 aliphatic heterocycles. The molecule has 0 saturated carbocycles. The van der Waals surface area contributed by atoms with Gasteiger partial charge >= 0.3 is 5.97 Å². The SMILES string of the molecule is CC#CCOc1csc(C(=O)O)c1. The van der Waals surface area contributed by atoms with Gasteiger partial charge in [0, 0.05) is 11.4 Å². The maximum absolute atomic E-state index is 10.5. The van der Waals surface area contributed by atoms with Crippen molar-refractivity contribution in [1.29, 1.82) is 0 Å². The van der Waals surface area contributed by atoms with Crippen molar-refractivity contribution in [3.8, 4) is 17.6 Å². The van der Waals surface area contributed by atoms with Crippen LogP contribution in [0.25, 0.3) is 0 Å². The fourth-order valence-electron chi connectivity index (χ4n) is 0.698. The number of ether oxygens (including phenoxy) is 1. The molecule has 0 aromatic carbocycles. The second kappa shape index (κ2) is 4.53. The van der Waals surface area contributed by atoms with E-state index in [2.05, 4.69) is 11.8 Å². The van der Waals surface area contributed by atoms with Crippen LogP contribution in [0.15, 0.2) is 11.4 Å². The minimum Gasteiger partial charge on any atom is -0.480 e. The molecule has 0 amide bonds. The third kappa shape index (κ3) is 2.80. The van der Waals surface area contributed by atoms with E-state index in [1.54, 1.807) is 12.3 Å². The fraction of sp³-hybridized carbons (Fsp3) is 0.222. The topological polar surface area (TPSA) is 46.5 Å². The Hall–Kier alpha value is -1.47. The van der Waals surface area contributed by atoms with Crippen molar-refractivity contribution in [3.63, 3.8) is 0 Å². The summed E-state index contributed by atoms with van der Waals surface area (Å²) in [6, 6.07) is 1.49. The van der Waals surface area contributed by atoms with Crippen molar-refractivity contribution in [1.82, 2.24) is 0 Å². The summed E-state index contributed by atoms with van der Waals surface area (Å²) in [5.74, 6) is 5.03. The van der Waals surface area contributed by atoms with Gasteiger partial charge in [0.05, 0.1) is 0 Å². The van der Waals surface area contributed by atoms with E-state index in [4.69, 9.17) is 9.84 Å². The van der Waals surface area contributed by atoms with Crippen molar-refractivity contribution in [2.45, 2.75) is 6.92 Å². The maximum Gasteiger partial charge on any atom is 0.346 e. The summed E-state index contributed by atoms with van der Waals surface area (Å²) in [7, 11) is 0. The molecule has 1 aromatic rings. The first kappa shape index (κ1) is 9.62. The largest absolute Gasteiger partial charge is 0.480 e. The van der Waals surface area contributed by atoms with Crippen LogP contribution in [-0.2, 0) is 0 Å². The van der Waals surface area contributed by atoms with Crippen molar-refractivity contribution in [2.75, 3.05) is 6.61 Å². The van der Waals surface area contributed by atoms with Crippen LogP contribution in [0.4, 0.5) is 0 Å². The first-order valence-electron chi connectivity index (χ1n) is 3.58. The molecule has 13 heavy (non-hydrogen) atoms. The number of aromatic carboxylic acids is 1. The number of rotatable bonds is 3. The standard InChI is InChI=1S/C9H8O3S/c1-2-3-4-12-7-5-8(9(10)11)13-6-7/h5-6H,4H2,1H3,(H,10,11).